The van der Waals surface area contributed by atoms with Gasteiger partial charge in [0.15, 0.2) is 0 Å². The number of rotatable bonds is 8. The van der Waals surface area contributed by atoms with Crippen molar-refractivity contribution in [2.45, 2.75) is 58.8 Å². The molecule has 74 valence electrons. The van der Waals surface area contributed by atoms with E-state index in [1.54, 1.807) is 0 Å². The second-order valence-corrected chi connectivity index (χ2v) is 4.27. The highest BCUT2D eigenvalue weighted by Gasteiger charge is 2.00. The fourth-order valence-corrected chi connectivity index (χ4v) is 1.72. The summed E-state index contributed by atoms with van der Waals surface area (Å²) < 4.78 is 0. The Hall–Kier alpha value is 0.350. The van der Waals surface area contributed by atoms with Gasteiger partial charge in [-0.05, 0) is 18.1 Å². The highest BCUT2D eigenvalue weighted by molar-refractivity contribution is 7.80. The van der Waals surface area contributed by atoms with Crippen LogP contribution in [0.3, 0.4) is 0 Å². The van der Waals surface area contributed by atoms with Crippen LogP contribution in [0.15, 0.2) is 0 Å². The van der Waals surface area contributed by atoms with Crippen molar-refractivity contribution in [1.29, 1.82) is 0 Å². The minimum atomic E-state index is 0.941. The number of unbranched alkanes of at least 4 members (excludes halogenated alkanes) is 3. The van der Waals surface area contributed by atoms with Crippen LogP contribution in [0.25, 0.3) is 0 Å². The molecule has 0 aromatic rings. The molecule has 0 heterocycles. The molecule has 0 saturated carbocycles. The fraction of sp³-hybridized carbons (Fsp3) is 1.00. The first-order chi connectivity index (χ1) is 5.81. The van der Waals surface area contributed by atoms with E-state index in [1.807, 2.05) is 0 Å². The van der Waals surface area contributed by atoms with Crippen LogP contribution in [0, 0.1) is 5.92 Å². The molecule has 0 spiro atoms. The third-order valence-corrected chi connectivity index (χ3v) is 2.72. The highest BCUT2D eigenvalue weighted by Crippen LogP contribution is 2.15. The van der Waals surface area contributed by atoms with Crippen molar-refractivity contribution >= 4 is 12.6 Å². The first-order valence-corrected chi connectivity index (χ1v) is 6.05. The van der Waals surface area contributed by atoms with Crippen LogP contribution >= 0.6 is 12.6 Å². The predicted molar refractivity (Wildman–Crippen MR) is 61.0 cm³/mol. The predicted octanol–water partition coefficient (Wildman–Crippen LogP) is 4.30. The number of hydrogen-bond donors (Lipinski definition) is 1. The SMILES string of the molecule is CCCCC[C@H](C)CCCCS. The van der Waals surface area contributed by atoms with Gasteiger partial charge in [-0.3, -0.25) is 0 Å². The maximum absolute atomic E-state index is 4.21. The van der Waals surface area contributed by atoms with E-state index in [2.05, 4.69) is 26.5 Å². The molecule has 0 aromatic heterocycles. The smallest absolute Gasteiger partial charge is 0.00979 e. The second-order valence-electron chi connectivity index (χ2n) is 3.82. The molecule has 0 aliphatic rings. The Kier molecular flexibility index (Phi) is 9.71. The molecule has 0 rings (SSSR count). The largest absolute Gasteiger partial charge is 0.179 e. The van der Waals surface area contributed by atoms with Gasteiger partial charge in [-0.2, -0.15) is 12.6 Å². The molecule has 0 N–H and O–H groups in total. The summed E-state index contributed by atoms with van der Waals surface area (Å²) in [6, 6.07) is 0. The summed E-state index contributed by atoms with van der Waals surface area (Å²) >= 11 is 4.21. The van der Waals surface area contributed by atoms with Gasteiger partial charge in [-0.25, -0.2) is 0 Å². The van der Waals surface area contributed by atoms with Gasteiger partial charge in [0, 0.05) is 0 Å². The minimum Gasteiger partial charge on any atom is -0.179 e. The Morgan fingerprint density at radius 1 is 1.00 bits per heavy atom. The molecule has 0 unspecified atom stereocenters. The molecule has 0 fully saturated rings. The summed E-state index contributed by atoms with van der Waals surface area (Å²) in [6.45, 7) is 4.65. The Labute approximate surface area is 83.5 Å². The van der Waals surface area contributed by atoms with Crippen molar-refractivity contribution in [1.82, 2.24) is 0 Å². The van der Waals surface area contributed by atoms with Gasteiger partial charge in [-0.15, -0.1) is 0 Å². The van der Waals surface area contributed by atoms with Crippen molar-refractivity contribution < 1.29 is 0 Å². The molecule has 1 atom stereocenters. The van der Waals surface area contributed by atoms with Crippen LogP contribution < -0.4 is 0 Å². The molecule has 0 nitrogen and oxygen atoms in total. The van der Waals surface area contributed by atoms with E-state index in [-0.39, 0.29) is 0 Å². The van der Waals surface area contributed by atoms with Gasteiger partial charge in [0.2, 0.25) is 0 Å². The zero-order valence-electron chi connectivity index (χ0n) is 8.68. The zero-order chi connectivity index (χ0) is 9.23. The lowest BCUT2D eigenvalue weighted by Crippen LogP contribution is -1.94. The first-order valence-electron chi connectivity index (χ1n) is 5.42. The van der Waals surface area contributed by atoms with E-state index in [9.17, 15) is 0 Å². The average Bonchev–Trinajstić information content (AvgIpc) is 2.06. The van der Waals surface area contributed by atoms with E-state index in [0.29, 0.717) is 0 Å². The molecular formula is C11H24S. The lowest BCUT2D eigenvalue weighted by atomic mass is 9.98. The molecule has 0 aliphatic heterocycles. The van der Waals surface area contributed by atoms with Gasteiger partial charge in [0.1, 0.15) is 0 Å². The summed E-state index contributed by atoms with van der Waals surface area (Å²) in [6.07, 6.45) is 9.70. The first kappa shape index (κ1) is 12.3. The minimum absolute atomic E-state index is 0.941. The molecule has 1 heteroatoms. The lowest BCUT2D eigenvalue weighted by molar-refractivity contribution is 0.449. The summed E-state index contributed by atoms with van der Waals surface area (Å²) in [5.41, 5.74) is 0. The Morgan fingerprint density at radius 2 is 1.58 bits per heavy atom. The molecular weight excluding hydrogens is 164 g/mol. The van der Waals surface area contributed by atoms with Crippen molar-refractivity contribution in [3.05, 3.63) is 0 Å². The normalized spacial score (nSPS) is 13.2. The van der Waals surface area contributed by atoms with Crippen molar-refractivity contribution in [3.8, 4) is 0 Å². The second kappa shape index (κ2) is 9.44. The van der Waals surface area contributed by atoms with Crippen LogP contribution in [0.4, 0.5) is 0 Å². The monoisotopic (exact) mass is 188 g/mol. The number of hydrogen-bond acceptors (Lipinski definition) is 1. The molecule has 0 amide bonds. The highest BCUT2D eigenvalue weighted by atomic mass is 32.1. The van der Waals surface area contributed by atoms with E-state index in [1.165, 1.54) is 44.9 Å². The number of thiol groups is 1. The molecule has 0 aliphatic carbocycles. The van der Waals surface area contributed by atoms with Crippen molar-refractivity contribution in [3.63, 3.8) is 0 Å². The van der Waals surface area contributed by atoms with Crippen LogP contribution in [0.1, 0.15) is 58.8 Å². The summed E-state index contributed by atoms with van der Waals surface area (Å²) in [4.78, 5) is 0. The van der Waals surface area contributed by atoms with E-state index >= 15 is 0 Å². The quantitative estimate of drug-likeness (QED) is 0.426. The molecule has 12 heavy (non-hydrogen) atoms. The summed E-state index contributed by atoms with van der Waals surface area (Å²) in [5.74, 6) is 2.00. The standard InChI is InChI=1S/C11H24S/c1-3-4-5-8-11(2)9-6-7-10-12/h11-12H,3-10H2,1-2H3/t11-/m0/s1. The van der Waals surface area contributed by atoms with Crippen LogP contribution in [-0.4, -0.2) is 5.75 Å². The fourth-order valence-electron chi connectivity index (χ4n) is 1.49. The molecule has 0 saturated heterocycles. The van der Waals surface area contributed by atoms with Gasteiger partial charge < -0.3 is 0 Å². The van der Waals surface area contributed by atoms with Crippen molar-refractivity contribution in [2.75, 3.05) is 5.75 Å². The van der Waals surface area contributed by atoms with Crippen LogP contribution in [0.2, 0.25) is 0 Å². The van der Waals surface area contributed by atoms with E-state index in [4.69, 9.17) is 0 Å². The van der Waals surface area contributed by atoms with Crippen LogP contribution in [-0.2, 0) is 0 Å². The van der Waals surface area contributed by atoms with E-state index in [0.717, 1.165) is 11.7 Å². The Bertz CT molecular complexity index is 71.1. The summed E-state index contributed by atoms with van der Waals surface area (Å²) in [5, 5.41) is 0. The summed E-state index contributed by atoms with van der Waals surface area (Å²) in [7, 11) is 0. The Morgan fingerprint density at radius 3 is 2.08 bits per heavy atom. The maximum Gasteiger partial charge on any atom is -0.00979 e. The average molecular weight is 188 g/mol. The van der Waals surface area contributed by atoms with Gasteiger partial charge in [0.25, 0.3) is 0 Å². The van der Waals surface area contributed by atoms with Gasteiger partial charge in [0.05, 0.1) is 0 Å². The van der Waals surface area contributed by atoms with Gasteiger partial charge >= 0.3 is 0 Å². The lowest BCUT2D eigenvalue weighted by Gasteiger charge is -2.09. The zero-order valence-corrected chi connectivity index (χ0v) is 9.58. The molecule has 0 aromatic carbocycles. The molecule has 0 radical (unpaired) electrons. The van der Waals surface area contributed by atoms with E-state index < -0.39 is 0 Å². The maximum atomic E-state index is 4.21. The Balaban J connectivity index is 3.04. The van der Waals surface area contributed by atoms with Gasteiger partial charge in [-0.1, -0.05) is 52.4 Å². The third-order valence-electron chi connectivity index (χ3n) is 2.41. The third kappa shape index (κ3) is 8.45. The molecule has 0 bridgehead atoms. The van der Waals surface area contributed by atoms with Crippen molar-refractivity contribution in [2.24, 2.45) is 5.92 Å². The van der Waals surface area contributed by atoms with Crippen LogP contribution in [0.5, 0.6) is 0 Å². The topological polar surface area (TPSA) is 0 Å².